The summed E-state index contributed by atoms with van der Waals surface area (Å²) < 4.78 is 49.6. The van der Waals surface area contributed by atoms with E-state index >= 15 is 0 Å². The van der Waals surface area contributed by atoms with Crippen LogP contribution in [0.15, 0.2) is 24.3 Å². The van der Waals surface area contributed by atoms with Crippen LogP contribution in [0, 0.1) is 0 Å². The molecule has 23 heavy (non-hydrogen) atoms. The van der Waals surface area contributed by atoms with Gasteiger partial charge in [0.1, 0.15) is 11.9 Å². The normalized spacial score (nSPS) is 14.3. The molecule has 0 aromatic heterocycles. The Hall–Kier alpha value is -1.76. The van der Waals surface area contributed by atoms with Gasteiger partial charge in [0.05, 0.1) is 5.56 Å². The third kappa shape index (κ3) is 6.09. The second kappa shape index (κ2) is 8.76. The van der Waals surface area contributed by atoms with E-state index in [2.05, 4.69) is 4.74 Å². The van der Waals surface area contributed by atoms with E-state index < -0.39 is 24.4 Å². The predicted octanol–water partition coefficient (Wildman–Crippen LogP) is 4.08. The highest BCUT2D eigenvalue weighted by Gasteiger charge is 2.48. The molecule has 0 spiro atoms. The molecular weight excluding hydrogens is 313 g/mol. The summed E-state index contributed by atoms with van der Waals surface area (Å²) in [5, 5.41) is 9.15. The van der Waals surface area contributed by atoms with Crippen molar-refractivity contribution in [1.29, 1.82) is 0 Å². The zero-order valence-electron chi connectivity index (χ0n) is 13.1. The van der Waals surface area contributed by atoms with Gasteiger partial charge in [-0.25, -0.2) is 4.79 Å². The summed E-state index contributed by atoms with van der Waals surface area (Å²) in [6.07, 6.45) is -6.89. The lowest BCUT2D eigenvalue weighted by atomic mass is 10.1. The van der Waals surface area contributed by atoms with Crippen LogP contribution in [0.5, 0.6) is 5.75 Å². The van der Waals surface area contributed by atoms with Crippen molar-refractivity contribution in [3.8, 4) is 5.75 Å². The van der Waals surface area contributed by atoms with Crippen molar-refractivity contribution in [3.63, 3.8) is 0 Å². The molecule has 1 N–H and O–H groups in total. The van der Waals surface area contributed by atoms with E-state index in [1.165, 1.54) is 24.3 Å². The molecule has 4 nitrogen and oxygen atoms in total. The van der Waals surface area contributed by atoms with Gasteiger partial charge in [0.25, 0.3) is 0 Å². The Balaban J connectivity index is 2.92. The van der Waals surface area contributed by atoms with Crippen LogP contribution in [-0.2, 0) is 9.47 Å². The van der Waals surface area contributed by atoms with Crippen molar-refractivity contribution >= 4 is 5.97 Å². The highest BCUT2D eigenvalue weighted by atomic mass is 19.4. The minimum atomic E-state index is -4.72. The maximum atomic E-state index is 13.3. The molecule has 0 amide bonds. The topological polar surface area (TPSA) is 55.8 Å². The average molecular weight is 334 g/mol. The molecule has 7 heteroatoms. The van der Waals surface area contributed by atoms with Crippen molar-refractivity contribution in [1.82, 2.24) is 0 Å². The van der Waals surface area contributed by atoms with Gasteiger partial charge >= 0.3 is 12.1 Å². The molecule has 0 heterocycles. The number of esters is 1. The first-order valence-corrected chi connectivity index (χ1v) is 7.47. The molecule has 0 saturated carbocycles. The largest absolute Gasteiger partial charge is 0.508 e. The van der Waals surface area contributed by atoms with Crippen LogP contribution in [0.1, 0.15) is 43.5 Å². The summed E-state index contributed by atoms with van der Waals surface area (Å²) in [4.78, 5) is 11.9. The Morgan fingerprint density at radius 1 is 1.22 bits per heavy atom. The standard InChI is InChI=1S/C16H21F3O4/c1-3-5-6-13(22-4-2)14(16(17,18)19)23-15(21)11-7-9-12(20)10-8-11/h7-10,13-14,20H,3-6H2,1-2H3/t13-,14-/m0/s1. The average Bonchev–Trinajstić information content (AvgIpc) is 2.48. The number of benzene rings is 1. The van der Waals surface area contributed by atoms with Gasteiger partial charge in [0, 0.05) is 6.61 Å². The quantitative estimate of drug-likeness (QED) is 0.728. The van der Waals surface area contributed by atoms with Crippen molar-refractivity contribution < 1.29 is 32.5 Å². The van der Waals surface area contributed by atoms with Crippen molar-refractivity contribution in [2.75, 3.05) is 6.61 Å². The number of carbonyl (C=O) groups is 1. The number of ether oxygens (including phenoxy) is 2. The molecule has 130 valence electrons. The van der Waals surface area contributed by atoms with Gasteiger partial charge in [0.2, 0.25) is 6.10 Å². The van der Waals surface area contributed by atoms with Crippen LogP contribution in [0.4, 0.5) is 13.2 Å². The molecule has 0 aliphatic rings. The summed E-state index contributed by atoms with van der Waals surface area (Å²) in [5.41, 5.74) is -0.0669. The fraction of sp³-hybridized carbons (Fsp3) is 0.562. The van der Waals surface area contributed by atoms with Crippen molar-refractivity contribution in [2.45, 2.75) is 51.5 Å². The first-order valence-electron chi connectivity index (χ1n) is 7.47. The van der Waals surface area contributed by atoms with E-state index in [4.69, 9.17) is 9.84 Å². The molecule has 1 aromatic carbocycles. The van der Waals surface area contributed by atoms with Crippen LogP contribution in [0.25, 0.3) is 0 Å². The molecule has 0 aliphatic heterocycles. The highest BCUT2D eigenvalue weighted by Crippen LogP contribution is 2.30. The van der Waals surface area contributed by atoms with Crippen LogP contribution in [0.2, 0.25) is 0 Å². The second-order valence-corrected chi connectivity index (χ2v) is 5.05. The number of carbonyl (C=O) groups excluding carboxylic acids is 1. The number of hydrogen-bond donors (Lipinski definition) is 1. The van der Waals surface area contributed by atoms with Crippen LogP contribution in [-0.4, -0.2) is 36.1 Å². The smallest absolute Gasteiger partial charge is 0.428 e. The fourth-order valence-electron chi connectivity index (χ4n) is 2.08. The number of phenolic OH excluding ortho intramolecular Hbond substituents is 1. The number of aromatic hydroxyl groups is 1. The van der Waals surface area contributed by atoms with E-state index in [1.807, 2.05) is 6.92 Å². The summed E-state index contributed by atoms with van der Waals surface area (Å²) >= 11 is 0. The predicted molar refractivity (Wildman–Crippen MR) is 78.3 cm³/mol. The molecule has 0 aliphatic carbocycles. The van der Waals surface area contributed by atoms with Gasteiger partial charge in [-0.1, -0.05) is 19.8 Å². The first-order chi connectivity index (χ1) is 10.8. The molecule has 0 fully saturated rings. The van der Waals surface area contributed by atoms with Gasteiger partial charge in [-0.2, -0.15) is 13.2 Å². The lowest BCUT2D eigenvalue weighted by Gasteiger charge is -2.28. The number of alkyl halides is 3. The van der Waals surface area contributed by atoms with E-state index in [0.29, 0.717) is 12.8 Å². The van der Waals surface area contributed by atoms with Crippen LogP contribution < -0.4 is 0 Å². The highest BCUT2D eigenvalue weighted by molar-refractivity contribution is 5.89. The van der Waals surface area contributed by atoms with Gasteiger partial charge in [0.15, 0.2) is 0 Å². The van der Waals surface area contributed by atoms with Crippen LogP contribution in [0.3, 0.4) is 0 Å². The van der Waals surface area contributed by atoms with Crippen molar-refractivity contribution in [2.24, 2.45) is 0 Å². The first kappa shape index (κ1) is 19.3. The maximum Gasteiger partial charge on any atom is 0.428 e. The summed E-state index contributed by atoms with van der Waals surface area (Å²) in [6, 6.07) is 4.81. The molecule has 1 aromatic rings. The third-order valence-corrected chi connectivity index (χ3v) is 3.22. The number of rotatable bonds is 8. The number of hydrogen-bond acceptors (Lipinski definition) is 4. The second-order valence-electron chi connectivity index (χ2n) is 5.05. The molecule has 2 atom stereocenters. The van der Waals surface area contributed by atoms with Crippen molar-refractivity contribution in [3.05, 3.63) is 29.8 Å². The van der Waals surface area contributed by atoms with Crippen LogP contribution >= 0.6 is 0 Å². The Morgan fingerprint density at radius 3 is 2.30 bits per heavy atom. The Bertz CT molecular complexity index is 485. The summed E-state index contributed by atoms with van der Waals surface area (Å²) in [7, 11) is 0. The minimum Gasteiger partial charge on any atom is -0.508 e. The molecule has 1 rings (SSSR count). The lowest BCUT2D eigenvalue weighted by Crippen LogP contribution is -2.44. The molecule has 0 radical (unpaired) electrons. The van der Waals surface area contributed by atoms with E-state index in [1.54, 1.807) is 6.92 Å². The molecular formula is C16H21F3O4. The Labute approximate surface area is 133 Å². The van der Waals surface area contributed by atoms with Gasteiger partial charge in [-0.15, -0.1) is 0 Å². The van der Waals surface area contributed by atoms with E-state index in [9.17, 15) is 18.0 Å². The maximum absolute atomic E-state index is 13.3. The third-order valence-electron chi connectivity index (χ3n) is 3.22. The van der Waals surface area contributed by atoms with Gasteiger partial charge in [-0.3, -0.25) is 0 Å². The van der Waals surface area contributed by atoms with E-state index in [0.717, 1.165) is 0 Å². The van der Waals surface area contributed by atoms with Gasteiger partial charge in [-0.05, 0) is 37.6 Å². The molecule has 0 bridgehead atoms. The Morgan fingerprint density at radius 2 is 1.83 bits per heavy atom. The van der Waals surface area contributed by atoms with E-state index in [-0.39, 0.29) is 24.3 Å². The zero-order chi connectivity index (χ0) is 17.5. The molecule has 0 unspecified atom stereocenters. The van der Waals surface area contributed by atoms with Gasteiger partial charge < -0.3 is 14.6 Å². The number of unbranched alkanes of at least 4 members (excludes halogenated alkanes) is 1. The Kier molecular flexibility index (Phi) is 7.35. The minimum absolute atomic E-state index is 0.0669. The monoisotopic (exact) mass is 334 g/mol. The SMILES string of the molecule is CCCC[C@H](OCC)[C@H](OC(=O)c1ccc(O)cc1)C(F)(F)F. The lowest BCUT2D eigenvalue weighted by molar-refractivity contribution is -0.237. The molecule has 0 saturated heterocycles. The summed E-state index contributed by atoms with van der Waals surface area (Å²) in [6.45, 7) is 3.54. The number of phenols is 1. The number of halogens is 3. The zero-order valence-corrected chi connectivity index (χ0v) is 13.1. The fourth-order valence-corrected chi connectivity index (χ4v) is 2.08. The summed E-state index contributed by atoms with van der Waals surface area (Å²) in [5.74, 6) is -1.20.